The fraction of sp³-hybridized carbons (Fsp3) is 0.0952. The Labute approximate surface area is 186 Å². The lowest BCUT2D eigenvalue weighted by Crippen LogP contribution is -2.20. The molecule has 0 bridgehead atoms. The maximum atomic E-state index is 13.0. The molecular weight excluding hydrogens is 468 g/mol. The number of amides is 2. The topological polar surface area (TPSA) is 106 Å². The van der Waals surface area contributed by atoms with Crippen molar-refractivity contribution in [2.45, 2.75) is 12.4 Å². The standard InChI is InChI=1S/C21H13F6N5O2/c22-20(23,24)11-5-12(21(25,26)27)7-14(6-11)32-19(33)31-13-3-1-10(2-4-13)15-8-34-18-16(15)17(28)29-9-30-18/h1-9H,(H2,28,29,30)(H2,31,32,33). The Morgan fingerprint density at radius 3 is 2.03 bits per heavy atom. The lowest BCUT2D eigenvalue weighted by molar-refractivity contribution is -0.143. The average molecular weight is 481 g/mol. The number of nitrogens with zero attached hydrogens (tertiary/aromatic N) is 2. The Balaban J connectivity index is 1.53. The summed E-state index contributed by atoms with van der Waals surface area (Å²) in [6.07, 6.45) is -7.39. The largest absolute Gasteiger partial charge is 0.445 e. The maximum Gasteiger partial charge on any atom is 0.416 e. The second-order valence-corrected chi connectivity index (χ2v) is 7.04. The number of carbonyl (C=O) groups is 1. The molecule has 0 radical (unpaired) electrons. The Bertz CT molecular complexity index is 1330. The van der Waals surface area contributed by atoms with E-state index in [0.29, 0.717) is 28.6 Å². The normalized spacial score (nSPS) is 12.1. The molecule has 2 amide bonds. The van der Waals surface area contributed by atoms with Crippen molar-refractivity contribution in [2.24, 2.45) is 0 Å². The number of anilines is 3. The Morgan fingerprint density at radius 1 is 0.853 bits per heavy atom. The van der Waals surface area contributed by atoms with Gasteiger partial charge in [-0.2, -0.15) is 26.3 Å². The first-order valence-electron chi connectivity index (χ1n) is 9.37. The summed E-state index contributed by atoms with van der Waals surface area (Å²) in [5, 5.41) is 4.83. The molecule has 2 heterocycles. The molecule has 0 aliphatic rings. The number of furan rings is 1. The van der Waals surface area contributed by atoms with Gasteiger partial charge in [-0.05, 0) is 35.9 Å². The van der Waals surface area contributed by atoms with Crippen LogP contribution >= 0.6 is 0 Å². The second kappa shape index (κ2) is 8.24. The minimum Gasteiger partial charge on any atom is -0.445 e. The summed E-state index contributed by atoms with van der Waals surface area (Å²) in [6.45, 7) is 0. The van der Waals surface area contributed by atoms with Gasteiger partial charge in [0.25, 0.3) is 0 Å². The summed E-state index contributed by atoms with van der Waals surface area (Å²) in [5.74, 6) is 0.203. The first kappa shape index (κ1) is 22.9. The molecule has 7 nitrogen and oxygen atoms in total. The number of rotatable bonds is 3. The van der Waals surface area contributed by atoms with Crippen LogP contribution in [-0.2, 0) is 12.4 Å². The van der Waals surface area contributed by atoms with Gasteiger partial charge in [0, 0.05) is 16.9 Å². The molecular formula is C21H13F6N5O2. The van der Waals surface area contributed by atoms with Crippen LogP contribution in [0.25, 0.3) is 22.2 Å². The minimum absolute atomic E-state index is 0.0286. The van der Waals surface area contributed by atoms with Crippen molar-refractivity contribution < 1.29 is 35.6 Å². The van der Waals surface area contributed by atoms with Gasteiger partial charge in [-0.3, -0.25) is 0 Å². The van der Waals surface area contributed by atoms with E-state index in [-0.39, 0.29) is 23.3 Å². The number of nitrogens with one attached hydrogen (secondary N) is 2. The zero-order valence-electron chi connectivity index (χ0n) is 16.8. The van der Waals surface area contributed by atoms with Crippen LogP contribution in [0.3, 0.4) is 0 Å². The molecule has 0 fully saturated rings. The Morgan fingerprint density at radius 2 is 1.44 bits per heavy atom. The van der Waals surface area contributed by atoms with Gasteiger partial charge in [0.15, 0.2) is 0 Å². The number of hydrogen-bond acceptors (Lipinski definition) is 5. The van der Waals surface area contributed by atoms with Crippen LogP contribution in [0.4, 0.5) is 48.3 Å². The molecule has 0 saturated heterocycles. The molecule has 4 aromatic rings. The first-order valence-corrected chi connectivity index (χ1v) is 9.37. The summed E-state index contributed by atoms with van der Waals surface area (Å²) in [5.41, 5.74) is 3.84. The fourth-order valence-electron chi connectivity index (χ4n) is 3.16. The summed E-state index contributed by atoms with van der Waals surface area (Å²) < 4.78 is 83.2. The van der Waals surface area contributed by atoms with Crippen molar-refractivity contribution in [3.8, 4) is 11.1 Å². The number of nitrogen functional groups attached to an aromatic ring is 1. The van der Waals surface area contributed by atoms with E-state index < -0.39 is 35.2 Å². The van der Waals surface area contributed by atoms with E-state index in [4.69, 9.17) is 10.2 Å². The molecule has 4 N–H and O–H groups in total. The van der Waals surface area contributed by atoms with Crippen LogP contribution < -0.4 is 16.4 Å². The summed E-state index contributed by atoms with van der Waals surface area (Å²) >= 11 is 0. The van der Waals surface area contributed by atoms with Gasteiger partial charge >= 0.3 is 18.4 Å². The van der Waals surface area contributed by atoms with Gasteiger partial charge < -0.3 is 20.8 Å². The molecule has 13 heteroatoms. The molecule has 0 aliphatic heterocycles. The molecule has 0 saturated carbocycles. The molecule has 176 valence electrons. The van der Waals surface area contributed by atoms with Gasteiger partial charge in [0.1, 0.15) is 18.4 Å². The zero-order chi connectivity index (χ0) is 24.7. The highest BCUT2D eigenvalue weighted by molar-refractivity contribution is 6.01. The van der Waals surface area contributed by atoms with Crippen LogP contribution in [0.5, 0.6) is 0 Å². The van der Waals surface area contributed by atoms with E-state index in [9.17, 15) is 31.1 Å². The molecule has 2 aromatic carbocycles. The van der Waals surface area contributed by atoms with Crippen molar-refractivity contribution in [1.82, 2.24) is 9.97 Å². The average Bonchev–Trinajstić information content (AvgIpc) is 3.18. The van der Waals surface area contributed by atoms with E-state index in [1.54, 1.807) is 12.1 Å². The third-order valence-electron chi connectivity index (χ3n) is 4.70. The van der Waals surface area contributed by atoms with E-state index in [2.05, 4.69) is 15.3 Å². The number of alkyl halides is 6. The van der Waals surface area contributed by atoms with Crippen LogP contribution in [0.2, 0.25) is 0 Å². The highest BCUT2D eigenvalue weighted by atomic mass is 19.4. The number of urea groups is 1. The highest BCUT2D eigenvalue weighted by Gasteiger charge is 2.37. The Kier molecular flexibility index (Phi) is 5.55. The van der Waals surface area contributed by atoms with Crippen molar-refractivity contribution in [2.75, 3.05) is 16.4 Å². The summed E-state index contributed by atoms with van der Waals surface area (Å²) in [4.78, 5) is 20.1. The van der Waals surface area contributed by atoms with Crippen molar-refractivity contribution in [1.29, 1.82) is 0 Å². The molecule has 4 rings (SSSR count). The van der Waals surface area contributed by atoms with Crippen molar-refractivity contribution in [3.05, 3.63) is 66.2 Å². The SMILES string of the molecule is Nc1ncnc2occ(-c3ccc(NC(=O)Nc4cc(C(F)(F)F)cc(C(F)(F)F)c4)cc3)c12. The Hall–Kier alpha value is -4.29. The zero-order valence-corrected chi connectivity index (χ0v) is 16.8. The number of nitrogens with two attached hydrogens (primary N) is 1. The van der Waals surface area contributed by atoms with Gasteiger partial charge in [0.05, 0.1) is 16.5 Å². The second-order valence-electron chi connectivity index (χ2n) is 7.04. The third kappa shape index (κ3) is 4.72. The monoisotopic (exact) mass is 481 g/mol. The van der Waals surface area contributed by atoms with Crippen LogP contribution in [0.15, 0.2) is 59.5 Å². The molecule has 0 aliphatic carbocycles. The summed E-state index contributed by atoms with van der Waals surface area (Å²) in [7, 11) is 0. The van der Waals surface area contributed by atoms with E-state index in [1.165, 1.54) is 24.7 Å². The van der Waals surface area contributed by atoms with Gasteiger partial charge in [-0.25, -0.2) is 14.8 Å². The predicted octanol–water partition coefficient (Wildman–Crippen LogP) is 6.15. The number of carbonyl (C=O) groups excluding carboxylic acids is 1. The number of fused-ring (bicyclic) bond motifs is 1. The predicted molar refractivity (Wildman–Crippen MR) is 111 cm³/mol. The lowest BCUT2D eigenvalue weighted by atomic mass is 10.1. The lowest BCUT2D eigenvalue weighted by Gasteiger charge is -2.15. The van der Waals surface area contributed by atoms with Crippen LogP contribution in [-0.4, -0.2) is 16.0 Å². The smallest absolute Gasteiger partial charge is 0.416 e. The molecule has 34 heavy (non-hydrogen) atoms. The number of benzene rings is 2. The third-order valence-corrected chi connectivity index (χ3v) is 4.70. The van der Waals surface area contributed by atoms with E-state index in [1.807, 2.05) is 5.32 Å². The summed E-state index contributed by atoms with van der Waals surface area (Å²) in [6, 6.07) is 5.90. The molecule has 0 atom stereocenters. The van der Waals surface area contributed by atoms with Crippen LogP contribution in [0, 0.1) is 0 Å². The van der Waals surface area contributed by atoms with Gasteiger partial charge in [-0.15, -0.1) is 0 Å². The highest BCUT2D eigenvalue weighted by Crippen LogP contribution is 2.38. The van der Waals surface area contributed by atoms with E-state index in [0.717, 1.165) is 0 Å². The van der Waals surface area contributed by atoms with Gasteiger partial charge in [0.2, 0.25) is 5.71 Å². The van der Waals surface area contributed by atoms with Crippen molar-refractivity contribution >= 4 is 34.3 Å². The first-order chi connectivity index (χ1) is 15.9. The minimum atomic E-state index is -5.03. The molecule has 2 aromatic heterocycles. The van der Waals surface area contributed by atoms with Gasteiger partial charge in [-0.1, -0.05) is 12.1 Å². The number of halogens is 6. The molecule has 0 spiro atoms. The quantitative estimate of drug-likeness (QED) is 0.304. The fourth-order valence-corrected chi connectivity index (χ4v) is 3.16. The number of hydrogen-bond donors (Lipinski definition) is 3. The number of aromatic nitrogens is 2. The van der Waals surface area contributed by atoms with E-state index >= 15 is 0 Å². The molecule has 0 unspecified atom stereocenters. The maximum absolute atomic E-state index is 13.0. The van der Waals surface area contributed by atoms with Crippen molar-refractivity contribution in [3.63, 3.8) is 0 Å². The van der Waals surface area contributed by atoms with Crippen LogP contribution in [0.1, 0.15) is 11.1 Å².